The average molecular weight is 427 g/mol. The molecular weight excluding hydrogens is 401 g/mol. The van der Waals surface area contributed by atoms with E-state index < -0.39 is 0 Å². The Morgan fingerprint density at radius 3 is 2.78 bits per heavy atom. The molecule has 1 atom stereocenters. The highest BCUT2D eigenvalue weighted by molar-refractivity contribution is 14.0. The number of hydrogen-bond acceptors (Lipinski definition) is 2. The molecule has 1 aromatic heterocycles. The molecule has 5 nitrogen and oxygen atoms in total. The second-order valence-corrected chi connectivity index (χ2v) is 5.43. The SMILES string of the molecule is CCC(C)NC(N)=NCc1nccn1CCc1ccccc1.I. The summed E-state index contributed by atoms with van der Waals surface area (Å²) in [7, 11) is 0. The van der Waals surface area contributed by atoms with Gasteiger partial charge in [0.2, 0.25) is 0 Å². The zero-order chi connectivity index (χ0) is 15.8. The monoisotopic (exact) mass is 427 g/mol. The van der Waals surface area contributed by atoms with E-state index in [0.29, 0.717) is 18.5 Å². The van der Waals surface area contributed by atoms with Crippen LogP contribution in [0.4, 0.5) is 0 Å². The van der Waals surface area contributed by atoms with Gasteiger partial charge >= 0.3 is 0 Å². The molecule has 3 N–H and O–H groups in total. The zero-order valence-electron chi connectivity index (χ0n) is 13.8. The maximum absolute atomic E-state index is 5.88. The summed E-state index contributed by atoms with van der Waals surface area (Å²) in [6, 6.07) is 10.8. The molecule has 0 amide bonds. The molecule has 6 heteroatoms. The third kappa shape index (κ3) is 6.60. The van der Waals surface area contributed by atoms with Gasteiger partial charge < -0.3 is 15.6 Å². The number of aryl methyl sites for hydroxylation is 2. The maximum Gasteiger partial charge on any atom is 0.189 e. The molecule has 0 saturated carbocycles. The van der Waals surface area contributed by atoms with E-state index in [1.165, 1.54) is 5.56 Å². The summed E-state index contributed by atoms with van der Waals surface area (Å²) in [6.45, 7) is 5.59. The van der Waals surface area contributed by atoms with Crippen molar-refractivity contribution in [3.05, 3.63) is 54.1 Å². The topological polar surface area (TPSA) is 68.2 Å². The molecule has 0 aliphatic heterocycles. The fraction of sp³-hybridized carbons (Fsp3) is 0.412. The molecule has 0 bridgehead atoms. The standard InChI is InChI=1S/C17H25N5.HI/c1-3-14(2)21-17(18)20-13-16-19-10-12-22(16)11-9-15-7-5-4-6-8-15;/h4-8,10,12,14H,3,9,11,13H2,1-2H3,(H3,18,20,21);1H. The predicted molar refractivity (Wildman–Crippen MR) is 106 cm³/mol. The van der Waals surface area contributed by atoms with Crippen LogP contribution in [0.25, 0.3) is 0 Å². The molecule has 0 aliphatic carbocycles. The summed E-state index contributed by atoms with van der Waals surface area (Å²) in [6.07, 6.45) is 5.80. The fourth-order valence-electron chi connectivity index (χ4n) is 2.15. The van der Waals surface area contributed by atoms with Crippen molar-refractivity contribution in [1.82, 2.24) is 14.9 Å². The molecule has 0 fully saturated rings. The highest BCUT2D eigenvalue weighted by atomic mass is 127. The number of hydrogen-bond donors (Lipinski definition) is 2. The van der Waals surface area contributed by atoms with E-state index in [0.717, 1.165) is 25.2 Å². The molecule has 0 aliphatic rings. The van der Waals surface area contributed by atoms with Gasteiger partial charge in [0.15, 0.2) is 5.96 Å². The van der Waals surface area contributed by atoms with Crippen LogP contribution in [0.15, 0.2) is 47.7 Å². The van der Waals surface area contributed by atoms with Crippen molar-refractivity contribution >= 4 is 29.9 Å². The smallest absolute Gasteiger partial charge is 0.189 e. The second-order valence-electron chi connectivity index (χ2n) is 5.43. The molecule has 0 spiro atoms. The largest absolute Gasteiger partial charge is 0.370 e. The van der Waals surface area contributed by atoms with E-state index in [1.54, 1.807) is 0 Å². The minimum Gasteiger partial charge on any atom is -0.370 e. The fourth-order valence-corrected chi connectivity index (χ4v) is 2.15. The number of nitrogens with one attached hydrogen (secondary N) is 1. The van der Waals surface area contributed by atoms with Crippen molar-refractivity contribution in [3.63, 3.8) is 0 Å². The molecule has 23 heavy (non-hydrogen) atoms. The Hall–Kier alpha value is -1.57. The van der Waals surface area contributed by atoms with Gasteiger partial charge in [-0.2, -0.15) is 0 Å². The summed E-state index contributed by atoms with van der Waals surface area (Å²) in [5, 5.41) is 3.16. The molecule has 1 heterocycles. The maximum atomic E-state index is 5.88. The van der Waals surface area contributed by atoms with Crippen LogP contribution in [0, 0.1) is 0 Å². The first kappa shape index (κ1) is 19.5. The van der Waals surface area contributed by atoms with Crippen molar-refractivity contribution in [1.29, 1.82) is 0 Å². The molecule has 2 rings (SSSR count). The number of aromatic nitrogens is 2. The van der Waals surface area contributed by atoms with Gasteiger partial charge in [-0.15, -0.1) is 24.0 Å². The van der Waals surface area contributed by atoms with Crippen LogP contribution in [0.2, 0.25) is 0 Å². The number of benzene rings is 1. The van der Waals surface area contributed by atoms with Crippen LogP contribution < -0.4 is 11.1 Å². The Labute approximate surface area is 155 Å². The van der Waals surface area contributed by atoms with E-state index in [1.807, 2.05) is 18.5 Å². The lowest BCUT2D eigenvalue weighted by Crippen LogP contribution is -2.38. The molecule has 126 valence electrons. The van der Waals surface area contributed by atoms with Crippen LogP contribution in [0.5, 0.6) is 0 Å². The van der Waals surface area contributed by atoms with Gasteiger partial charge in [-0.3, -0.25) is 0 Å². The minimum atomic E-state index is 0. The Morgan fingerprint density at radius 2 is 2.09 bits per heavy atom. The summed E-state index contributed by atoms with van der Waals surface area (Å²) in [5.41, 5.74) is 7.21. The highest BCUT2D eigenvalue weighted by Gasteiger charge is 2.04. The predicted octanol–water partition coefficient (Wildman–Crippen LogP) is 2.95. The number of nitrogens with two attached hydrogens (primary N) is 1. The Morgan fingerprint density at radius 1 is 1.35 bits per heavy atom. The summed E-state index contributed by atoms with van der Waals surface area (Å²) >= 11 is 0. The Kier molecular flexibility index (Phi) is 8.68. The summed E-state index contributed by atoms with van der Waals surface area (Å²) in [5.74, 6) is 1.41. The third-order valence-electron chi connectivity index (χ3n) is 3.68. The van der Waals surface area contributed by atoms with Crippen LogP contribution in [0.3, 0.4) is 0 Å². The lowest BCUT2D eigenvalue weighted by molar-refractivity contribution is 0.629. The number of imidazole rings is 1. The molecule has 1 unspecified atom stereocenters. The van der Waals surface area contributed by atoms with Crippen LogP contribution in [-0.4, -0.2) is 21.6 Å². The van der Waals surface area contributed by atoms with Crippen molar-refractivity contribution < 1.29 is 0 Å². The number of guanidine groups is 1. The van der Waals surface area contributed by atoms with Crippen molar-refractivity contribution in [2.24, 2.45) is 10.7 Å². The van der Waals surface area contributed by atoms with Crippen molar-refractivity contribution in [3.8, 4) is 0 Å². The first-order chi connectivity index (χ1) is 10.7. The van der Waals surface area contributed by atoms with Crippen molar-refractivity contribution in [2.45, 2.75) is 45.8 Å². The van der Waals surface area contributed by atoms with Crippen LogP contribution in [0.1, 0.15) is 31.7 Å². The van der Waals surface area contributed by atoms with Gasteiger partial charge in [0, 0.05) is 25.0 Å². The van der Waals surface area contributed by atoms with Gasteiger partial charge in [-0.1, -0.05) is 37.3 Å². The Balaban J connectivity index is 0.00000264. The van der Waals surface area contributed by atoms with E-state index in [9.17, 15) is 0 Å². The molecule has 0 saturated heterocycles. The summed E-state index contributed by atoms with van der Waals surface area (Å²) in [4.78, 5) is 8.74. The second kappa shape index (κ2) is 10.3. The zero-order valence-corrected chi connectivity index (χ0v) is 16.1. The van der Waals surface area contributed by atoms with Gasteiger partial charge in [0.05, 0.1) is 0 Å². The highest BCUT2D eigenvalue weighted by Crippen LogP contribution is 2.05. The first-order valence-corrected chi connectivity index (χ1v) is 7.79. The molecule has 1 aromatic carbocycles. The van der Waals surface area contributed by atoms with E-state index in [2.05, 4.69) is 58.0 Å². The first-order valence-electron chi connectivity index (χ1n) is 7.79. The van der Waals surface area contributed by atoms with Crippen molar-refractivity contribution in [2.75, 3.05) is 0 Å². The Bertz CT molecular complexity index is 594. The van der Waals surface area contributed by atoms with Gasteiger partial charge in [0.25, 0.3) is 0 Å². The number of rotatable bonds is 7. The quantitative estimate of drug-likeness (QED) is 0.406. The minimum absolute atomic E-state index is 0. The van der Waals surface area contributed by atoms with E-state index in [-0.39, 0.29) is 24.0 Å². The normalized spacial score (nSPS) is 12.5. The molecular formula is C17H26IN5. The molecule has 0 radical (unpaired) electrons. The van der Waals surface area contributed by atoms with Gasteiger partial charge in [-0.05, 0) is 25.3 Å². The number of nitrogens with zero attached hydrogens (tertiary/aromatic N) is 3. The lowest BCUT2D eigenvalue weighted by atomic mass is 10.1. The average Bonchev–Trinajstić information content (AvgIpc) is 2.99. The van der Waals surface area contributed by atoms with Gasteiger partial charge in [-0.25, -0.2) is 9.98 Å². The number of aliphatic imine (C=N–C) groups is 1. The van der Waals surface area contributed by atoms with Gasteiger partial charge in [0.1, 0.15) is 12.4 Å². The lowest BCUT2D eigenvalue weighted by Gasteiger charge is -2.12. The van der Waals surface area contributed by atoms with Crippen LogP contribution >= 0.6 is 24.0 Å². The summed E-state index contributed by atoms with van der Waals surface area (Å²) < 4.78 is 2.13. The van der Waals surface area contributed by atoms with E-state index in [4.69, 9.17) is 5.73 Å². The van der Waals surface area contributed by atoms with Crippen LogP contribution in [-0.2, 0) is 19.5 Å². The number of halogens is 1. The molecule has 2 aromatic rings. The van der Waals surface area contributed by atoms with E-state index >= 15 is 0 Å². The third-order valence-corrected chi connectivity index (χ3v) is 3.68.